The quantitative estimate of drug-likeness (QED) is 0.639. The van der Waals surface area contributed by atoms with Crippen molar-refractivity contribution in [1.29, 1.82) is 0 Å². The molecule has 3 rings (SSSR count). The SMILES string of the molecule is CCc1cc(C(=O)O)cc(CNCc2nccn2Cc2ccc(F)cc2)n1. The van der Waals surface area contributed by atoms with Gasteiger partial charge in [-0.1, -0.05) is 19.1 Å². The number of carboxylic acids is 1. The van der Waals surface area contributed by atoms with E-state index in [1.54, 1.807) is 30.5 Å². The molecule has 0 aliphatic heterocycles. The van der Waals surface area contributed by atoms with Gasteiger partial charge in [0.05, 0.1) is 17.8 Å². The van der Waals surface area contributed by atoms with E-state index in [2.05, 4.69) is 15.3 Å². The minimum atomic E-state index is -0.955. The van der Waals surface area contributed by atoms with Crippen LogP contribution in [0.2, 0.25) is 0 Å². The summed E-state index contributed by atoms with van der Waals surface area (Å²) in [5.41, 5.74) is 2.67. The van der Waals surface area contributed by atoms with Gasteiger partial charge in [0.2, 0.25) is 0 Å². The number of hydrogen-bond acceptors (Lipinski definition) is 4. The number of carboxylic acid groups (broad SMARTS) is 1. The second-order valence-corrected chi connectivity index (χ2v) is 6.20. The molecule has 3 aromatic rings. The molecule has 0 saturated heterocycles. The first-order valence-corrected chi connectivity index (χ1v) is 8.73. The van der Waals surface area contributed by atoms with E-state index in [4.69, 9.17) is 0 Å². The van der Waals surface area contributed by atoms with E-state index in [-0.39, 0.29) is 11.4 Å². The Kier molecular flexibility index (Phi) is 5.93. The van der Waals surface area contributed by atoms with E-state index in [0.29, 0.717) is 31.7 Å². The van der Waals surface area contributed by atoms with Crippen molar-refractivity contribution in [2.45, 2.75) is 33.0 Å². The lowest BCUT2D eigenvalue weighted by Gasteiger charge is -2.10. The molecule has 0 amide bonds. The Bertz CT molecular complexity index is 922. The molecule has 2 aromatic heterocycles. The Morgan fingerprint density at radius 1 is 1.19 bits per heavy atom. The number of imidazole rings is 1. The van der Waals surface area contributed by atoms with Gasteiger partial charge in [0.15, 0.2) is 0 Å². The summed E-state index contributed by atoms with van der Waals surface area (Å²) in [7, 11) is 0. The Labute approximate surface area is 156 Å². The molecule has 0 bridgehead atoms. The molecule has 0 radical (unpaired) electrons. The van der Waals surface area contributed by atoms with Gasteiger partial charge >= 0.3 is 5.97 Å². The van der Waals surface area contributed by atoms with E-state index in [9.17, 15) is 14.3 Å². The monoisotopic (exact) mass is 368 g/mol. The zero-order chi connectivity index (χ0) is 19.2. The van der Waals surface area contributed by atoms with Crippen LogP contribution in [0.5, 0.6) is 0 Å². The van der Waals surface area contributed by atoms with Crippen molar-refractivity contribution in [3.63, 3.8) is 0 Å². The van der Waals surface area contributed by atoms with Crippen molar-refractivity contribution < 1.29 is 14.3 Å². The van der Waals surface area contributed by atoms with Crippen LogP contribution in [0, 0.1) is 5.82 Å². The average Bonchev–Trinajstić information content (AvgIpc) is 3.10. The Morgan fingerprint density at radius 3 is 2.63 bits per heavy atom. The lowest BCUT2D eigenvalue weighted by Crippen LogP contribution is -2.18. The maximum atomic E-state index is 13.0. The third-order valence-corrected chi connectivity index (χ3v) is 4.20. The van der Waals surface area contributed by atoms with Crippen LogP contribution in [0.3, 0.4) is 0 Å². The summed E-state index contributed by atoms with van der Waals surface area (Å²) in [6.07, 6.45) is 4.27. The number of aromatic carboxylic acids is 1. The summed E-state index contributed by atoms with van der Waals surface area (Å²) >= 11 is 0. The van der Waals surface area contributed by atoms with Crippen LogP contribution in [0.4, 0.5) is 4.39 Å². The van der Waals surface area contributed by atoms with Gasteiger partial charge in [-0.3, -0.25) is 4.98 Å². The molecule has 0 unspecified atom stereocenters. The third kappa shape index (κ3) is 4.98. The Hall–Kier alpha value is -3.06. The second kappa shape index (κ2) is 8.55. The third-order valence-electron chi connectivity index (χ3n) is 4.20. The summed E-state index contributed by atoms with van der Waals surface area (Å²) in [5, 5.41) is 12.5. The number of nitrogens with zero attached hydrogens (tertiary/aromatic N) is 3. The fraction of sp³-hybridized carbons (Fsp3) is 0.250. The maximum absolute atomic E-state index is 13.0. The molecular formula is C20H21FN4O2. The second-order valence-electron chi connectivity index (χ2n) is 6.20. The first kappa shape index (κ1) is 18.7. The summed E-state index contributed by atoms with van der Waals surface area (Å²) < 4.78 is 15.0. The summed E-state index contributed by atoms with van der Waals surface area (Å²) in [4.78, 5) is 20.1. The number of hydrogen-bond donors (Lipinski definition) is 2. The molecule has 27 heavy (non-hydrogen) atoms. The van der Waals surface area contributed by atoms with Crippen molar-refractivity contribution in [1.82, 2.24) is 19.9 Å². The fourth-order valence-electron chi connectivity index (χ4n) is 2.78. The fourth-order valence-corrected chi connectivity index (χ4v) is 2.78. The zero-order valence-electron chi connectivity index (χ0n) is 15.0. The van der Waals surface area contributed by atoms with Crippen molar-refractivity contribution in [3.05, 3.63) is 82.9 Å². The van der Waals surface area contributed by atoms with Gasteiger partial charge in [-0.15, -0.1) is 0 Å². The molecule has 2 N–H and O–H groups in total. The van der Waals surface area contributed by atoms with Crippen molar-refractivity contribution in [3.8, 4) is 0 Å². The lowest BCUT2D eigenvalue weighted by molar-refractivity contribution is 0.0696. The number of carbonyl (C=O) groups is 1. The normalized spacial score (nSPS) is 10.9. The molecule has 0 atom stereocenters. The maximum Gasteiger partial charge on any atom is 0.335 e. The van der Waals surface area contributed by atoms with Gasteiger partial charge in [-0.2, -0.15) is 0 Å². The zero-order valence-corrected chi connectivity index (χ0v) is 15.0. The lowest BCUT2D eigenvalue weighted by atomic mass is 10.1. The number of benzene rings is 1. The molecule has 2 heterocycles. The highest BCUT2D eigenvalue weighted by atomic mass is 19.1. The molecule has 1 aromatic carbocycles. The molecule has 0 aliphatic carbocycles. The highest BCUT2D eigenvalue weighted by molar-refractivity contribution is 5.87. The number of nitrogens with one attached hydrogen (secondary N) is 1. The standard InChI is InChI=1S/C20H21FN4O2/c1-2-17-9-15(20(26)27)10-18(24-17)11-22-12-19-23-7-8-25(19)13-14-3-5-16(21)6-4-14/h3-10,22H,2,11-13H2,1H3,(H,26,27). The smallest absolute Gasteiger partial charge is 0.335 e. The minimum Gasteiger partial charge on any atom is -0.478 e. The summed E-state index contributed by atoms with van der Waals surface area (Å²) in [6, 6.07) is 9.56. The van der Waals surface area contributed by atoms with E-state index >= 15 is 0 Å². The topological polar surface area (TPSA) is 80.0 Å². The van der Waals surface area contributed by atoms with Gasteiger partial charge < -0.3 is 15.0 Å². The summed E-state index contributed by atoms with van der Waals surface area (Å²) in [5.74, 6) is -0.374. The van der Waals surface area contributed by atoms with E-state index < -0.39 is 5.97 Å². The van der Waals surface area contributed by atoms with E-state index in [1.165, 1.54) is 12.1 Å². The van der Waals surface area contributed by atoms with Gasteiger partial charge in [-0.05, 0) is 36.2 Å². The van der Waals surface area contributed by atoms with Crippen LogP contribution in [0.25, 0.3) is 0 Å². The molecule has 6 nitrogen and oxygen atoms in total. The molecule has 0 spiro atoms. The molecule has 0 aliphatic rings. The number of aromatic nitrogens is 3. The van der Waals surface area contributed by atoms with Crippen LogP contribution in [-0.4, -0.2) is 25.6 Å². The molecule has 7 heteroatoms. The van der Waals surface area contributed by atoms with E-state index in [0.717, 1.165) is 17.1 Å². The number of halogens is 1. The van der Waals surface area contributed by atoms with Crippen molar-refractivity contribution in [2.75, 3.05) is 0 Å². The number of aryl methyl sites for hydroxylation is 1. The molecule has 0 fully saturated rings. The number of rotatable bonds is 8. The Morgan fingerprint density at radius 2 is 1.93 bits per heavy atom. The predicted octanol–water partition coefficient (Wildman–Crippen LogP) is 3.02. The predicted molar refractivity (Wildman–Crippen MR) is 98.8 cm³/mol. The molecule has 0 saturated carbocycles. The van der Waals surface area contributed by atoms with Crippen LogP contribution in [0.15, 0.2) is 48.8 Å². The Balaban J connectivity index is 1.63. The largest absolute Gasteiger partial charge is 0.478 e. The summed E-state index contributed by atoms with van der Waals surface area (Å²) in [6.45, 7) is 3.49. The first-order chi connectivity index (χ1) is 13.0. The van der Waals surface area contributed by atoms with Crippen LogP contribution >= 0.6 is 0 Å². The van der Waals surface area contributed by atoms with Crippen LogP contribution < -0.4 is 5.32 Å². The van der Waals surface area contributed by atoms with Crippen LogP contribution in [-0.2, 0) is 26.1 Å². The highest BCUT2D eigenvalue weighted by Crippen LogP contribution is 2.09. The molecular weight excluding hydrogens is 347 g/mol. The average molecular weight is 368 g/mol. The van der Waals surface area contributed by atoms with Gasteiger partial charge in [0, 0.05) is 31.2 Å². The molecule has 140 valence electrons. The van der Waals surface area contributed by atoms with Crippen molar-refractivity contribution in [2.24, 2.45) is 0 Å². The van der Waals surface area contributed by atoms with Gasteiger partial charge in [0.25, 0.3) is 0 Å². The van der Waals surface area contributed by atoms with Crippen molar-refractivity contribution >= 4 is 5.97 Å². The minimum absolute atomic E-state index is 0.247. The first-order valence-electron chi connectivity index (χ1n) is 8.73. The highest BCUT2D eigenvalue weighted by Gasteiger charge is 2.09. The van der Waals surface area contributed by atoms with E-state index in [1.807, 2.05) is 17.7 Å². The number of pyridine rings is 1. The van der Waals surface area contributed by atoms with Gasteiger partial charge in [-0.25, -0.2) is 14.2 Å². The van der Waals surface area contributed by atoms with Crippen LogP contribution in [0.1, 0.15) is 40.1 Å². The van der Waals surface area contributed by atoms with Gasteiger partial charge in [0.1, 0.15) is 11.6 Å².